The Labute approximate surface area is 83.8 Å². The molecule has 2 aromatic rings. The molecule has 1 heterocycles. The summed E-state index contributed by atoms with van der Waals surface area (Å²) in [7, 11) is 0. The molecular formula is C12H14NO+. The summed E-state index contributed by atoms with van der Waals surface area (Å²) >= 11 is 0. The van der Waals surface area contributed by atoms with Crippen LogP contribution in [-0.2, 0) is 6.54 Å². The van der Waals surface area contributed by atoms with Crippen LogP contribution in [0.5, 0.6) is 0 Å². The summed E-state index contributed by atoms with van der Waals surface area (Å²) in [5, 5.41) is 0. The van der Waals surface area contributed by atoms with Crippen LogP contribution in [0.4, 0.5) is 0 Å². The molecule has 0 aliphatic rings. The molecule has 2 rings (SSSR count). The van der Waals surface area contributed by atoms with Crippen molar-refractivity contribution in [1.29, 1.82) is 0 Å². The molecule has 14 heavy (non-hydrogen) atoms. The van der Waals surface area contributed by atoms with Gasteiger partial charge in [-0.05, 0) is 18.6 Å². The van der Waals surface area contributed by atoms with Crippen molar-refractivity contribution in [3.8, 4) is 11.3 Å². The van der Waals surface area contributed by atoms with Crippen LogP contribution in [0.1, 0.15) is 12.5 Å². The van der Waals surface area contributed by atoms with Crippen LogP contribution >= 0.6 is 0 Å². The Bertz CT molecular complexity index is 414. The SMILES string of the molecule is CC[n+]1ccc(-c2ccc(C)cc2)o1. The summed E-state index contributed by atoms with van der Waals surface area (Å²) in [5.41, 5.74) is 2.39. The number of rotatable bonds is 2. The van der Waals surface area contributed by atoms with Gasteiger partial charge in [0.25, 0.3) is 0 Å². The molecule has 0 fully saturated rings. The molecular weight excluding hydrogens is 174 g/mol. The van der Waals surface area contributed by atoms with Crippen LogP contribution in [0.25, 0.3) is 11.3 Å². The quantitative estimate of drug-likeness (QED) is 0.662. The van der Waals surface area contributed by atoms with Gasteiger partial charge in [-0.25, -0.2) is 4.52 Å². The van der Waals surface area contributed by atoms with Crippen molar-refractivity contribution in [2.45, 2.75) is 20.4 Å². The van der Waals surface area contributed by atoms with E-state index >= 15 is 0 Å². The molecule has 0 radical (unpaired) electrons. The van der Waals surface area contributed by atoms with Crippen molar-refractivity contribution in [1.82, 2.24) is 0 Å². The third kappa shape index (κ3) is 1.69. The van der Waals surface area contributed by atoms with Crippen molar-refractivity contribution < 1.29 is 9.26 Å². The fourth-order valence-corrected chi connectivity index (χ4v) is 1.37. The zero-order valence-electron chi connectivity index (χ0n) is 8.53. The Hall–Kier alpha value is -1.57. The topological polar surface area (TPSA) is 17.0 Å². The van der Waals surface area contributed by atoms with Crippen LogP contribution in [0.2, 0.25) is 0 Å². The fourth-order valence-electron chi connectivity index (χ4n) is 1.37. The van der Waals surface area contributed by atoms with Gasteiger partial charge in [0.05, 0.1) is 6.07 Å². The zero-order chi connectivity index (χ0) is 9.97. The molecule has 0 unspecified atom stereocenters. The Morgan fingerprint density at radius 1 is 1.14 bits per heavy atom. The van der Waals surface area contributed by atoms with Gasteiger partial charge >= 0.3 is 0 Å². The smallest absolute Gasteiger partial charge is 0.220 e. The molecule has 1 aromatic carbocycles. The predicted octanol–water partition coefficient (Wildman–Crippen LogP) is 2.56. The maximum atomic E-state index is 5.58. The minimum atomic E-state index is 0.867. The normalized spacial score (nSPS) is 10.4. The molecule has 0 bridgehead atoms. The molecule has 0 saturated heterocycles. The Morgan fingerprint density at radius 2 is 1.86 bits per heavy atom. The molecule has 0 spiro atoms. The summed E-state index contributed by atoms with van der Waals surface area (Å²) in [5.74, 6) is 0.923. The number of hydrogen-bond acceptors (Lipinski definition) is 1. The van der Waals surface area contributed by atoms with E-state index in [-0.39, 0.29) is 0 Å². The third-order valence-electron chi connectivity index (χ3n) is 2.26. The average molecular weight is 188 g/mol. The number of aryl methyl sites for hydroxylation is 2. The first-order valence-electron chi connectivity index (χ1n) is 4.86. The molecule has 0 saturated carbocycles. The van der Waals surface area contributed by atoms with Gasteiger partial charge in [-0.2, -0.15) is 0 Å². The Morgan fingerprint density at radius 3 is 2.43 bits per heavy atom. The summed E-state index contributed by atoms with van der Waals surface area (Å²) in [6.07, 6.45) is 1.95. The van der Waals surface area contributed by atoms with E-state index in [1.807, 2.05) is 17.0 Å². The number of aromatic nitrogens is 1. The van der Waals surface area contributed by atoms with Crippen molar-refractivity contribution >= 4 is 0 Å². The Kier molecular flexibility index (Phi) is 2.35. The van der Waals surface area contributed by atoms with Gasteiger partial charge in [0, 0.05) is 5.56 Å². The summed E-state index contributed by atoms with van der Waals surface area (Å²) in [6.45, 7) is 5.01. The molecule has 0 aliphatic heterocycles. The van der Waals surface area contributed by atoms with E-state index in [1.165, 1.54) is 5.56 Å². The van der Waals surface area contributed by atoms with Crippen LogP contribution in [0, 0.1) is 6.92 Å². The van der Waals surface area contributed by atoms with E-state index in [0.29, 0.717) is 0 Å². The highest BCUT2D eigenvalue weighted by Crippen LogP contribution is 2.17. The van der Waals surface area contributed by atoms with Crippen molar-refractivity contribution in [2.24, 2.45) is 0 Å². The first kappa shape index (κ1) is 9.00. The van der Waals surface area contributed by atoms with Crippen LogP contribution in [-0.4, -0.2) is 0 Å². The lowest BCUT2D eigenvalue weighted by Crippen LogP contribution is -2.27. The van der Waals surface area contributed by atoms with Gasteiger partial charge in [-0.3, -0.25) is 0 Å². The summed E-state index contributed by atoms with van der Waals surface area (Å²) in [4.78, 5) is 0. The van der Waals surface area contributed by atoms with E-state index in [0.717, 1.165) is 17.9 Å². The van der Waals surface area contributed by atoms with Gasteiger partial charge in [-0.15, -0.1) is 0 Å². The van der Waals surface area contributed by atoms with Crippen LogP contribution in [0.3, 0.4) is 0 Å². The standard InChI is InChI=1S/C12H14NO/c1-3-13-9-8-12(14-13)11-6-4-10(2)5-7-11/h4-9H,3H2,1-2H3/q+1. The van der Waals surface area contributed by atoms with Crippen molar-refractivity contribution in [3.63, 3.8) is 0 Å². The highest BCUT2D eigenvalue weighted by atomic mass is 16.5. The van der Waals surface area contributed by atoms with E-state index < -0.39 is 0 Å². The fraction of sp³-hybridized carbons (Fsp3) is 0.250. The average Bonchev–Trinajstić information content (AvgIpc) is 2.67. The van der Waals surface area contributed by atoms with Crippen LogP contribution in [0.15, 0.2) is 41.1 Å². The molecule has 1 aromatic heterocycles. The lowest BCUT2D eigenvalue weighted by Gasteiger charge is -1.94. The molecule has 0 aliphatic carbocycles. The molecule has 0 amide bonds. The first-order valence-corrected chi connectivity index (χ1v) is 4.86. The monoisotopic (exact) mass is 188 g/mol. The maximum absolute atomic E-state index is 5.58. The summed E-state index contributed by atoms with van der Waals surface area (Å²) < 4.78 is 7.39. The van der Waals surface area contributed by atoms with Crippen molar-refractivity contribution in [3.05, 3.63) is 42.1 Å². The van der Waals surface area contributed by atoms with Gasteiger partial charge in [-0.1, -0.05) is 29.8 Å². The third-order valence-corrected chi connectivity index (χ3v) is 2.26. The number of hydrogen-bond donors (Lipinski definition) is 0. The number of benzene rings is 1. The predicted molar refractivity (Wildman–Crippen MR) is 54.8 cm³/mol. The number of nitrogens with zero attached hydrogens (tertiary/aromatic N) is 1. The van der Waals surface area contributed by atoms with E-state index in [1.54, 1.807) is 0 Å². The van der Waals surface area contributed by atoms with E-state index in [9.17, 15) is 0 Å². The molecule has 2 nitrogen and oxygen atoms in total. The molecule has 2 heteroatoms. The first-order chi connectivity index (χ1) is 6.79. The van der Waals surface area contributed by atoms with E-state index in [2.05, 4.69) is 38.1 Å². The minimum absolute atomic E-state index is 0.867. The molecule has 0 N–H and O–H groups in total. The van der Waals surface area contributed by atoms with Crippen molar-refractivity contribution in [2.75, 3.05) is 0 Å². The van der Waals surface area contributed by atoms with E-state index in [4.69, 9.17) is 4.52 Å². The maximum Gasteiger partial charge on any atom is 0.220 e. The lowest BCUT2D eigenvalue weighted by molar-refractivity contribution is -0.860. The second kappa shape index (κ2) is 3.66. The molecule has 72 valence electrons. The Balaban J connectivity index is 2.34. The van der Waals surface area contributed by atoms with Crippen LogP contribution < -0.4 is 4.74 Å². The largest absolute Gasteiger partial charge is 0.236 e. The highest BCUT2D eigenvalue weighted by Gasteiger charge is 2.08. The lowest BCUT2D eigenvalue weighted by atomic mass is 10.1. The van der Waals surface area contributed by atoms with Gasteiger partial charge in [0.2, 0.25) is 12.0 Å². The second-order valence-corrected chi connectivity index (χ2v) is 3.37. The second-order valence-electron chi connectivity index (χ2n) is 3.37. The van der Waals surface area contributed by atoms with Gasteiger partial charge in [0.15, 0.2) is 6.54 Å². The molecule has 0 atom stereocenters. The zero-order valence-corrected chi connectivity index (χ0v) is 8.53. The minimum Gasteiger partial charge on any atom is -0.236 e. The van der Waals surface area contributed by atoms with Gasteiger partial charge in [0.1, 0.15) is 0 Å². The highest BCUT2D eigenvalue weighted by molar-refractivity contribution is 5.56. The van der Waals surface area contributed by atoms with Gasteiger partial charge < -0.3 is 0 Å². The summed E-state index contributed by atoms with van der Waals surface area (Å²) in [6, 6.07) is 10.3.